The first-order valence-electron chi connectivity index (χ1n) is 13.2. The van der Waals surface area contributed by atoms with Crippen molar-refractivity contribution in [3.8, 4) is 0 Å². The molecular formula is C31H30Cl3NO4P2. The molecule has 0 bridgehead atoms. The van der Waals surface area contributed by atoms with E-state index in [1.807, 2.05) is 121 Å². The Balaban J connectivity index is 2.15. The predicted molar refractivity (Wildman–Crippen MR) is 173 cm³/mol. The Morgan fingerprint density at radius 1 is 0.707 bits per heavy atom. The molecule has 0 fully saturated rings. The Morgan fingerprint density at radius 3 is 1.41 bits per heavy atom. The molecule has 0 amide bonds. The zero-order valence-corrected chi connectivity index (χ0v) is 26.6. The van der Waals surface area contributed by atoms with E-state index in [2.05, 4.69) is 0 Å². The average Bonchev–Trinajstić information content (AvgIpc) is 3.36. The van der Waals surface area contributed by atoms with Crippen molar-refractivity contribution in [2.75, 3.05) is 13.2 Å². The summed E-state index contributed by atoms with van der Waals surface area (Å²) in [6.07, 6.45) is 0. The van der Waals surface area contributed by atoms with Crippen molar-refractivity contribution in [3.63, 3.8) is 0 Å². The van der Waals surface area contributed by atoms with Gasteiger partial charge in [-0.3, -0.25) is 0 Å². The molecule has 1 heterocycles. The first-order chi connectivity index (χ1) is 19.7. The number of nitrogens with zero attached hydrogens (tertiary/aromatic N) is 1. The van der Waals surface area contributed by atoms with Gasteiger partial charge in [0.2, 0.25) is 0 Å². The molecule has 4 aromatic carbocycles. The maximum atomic E-state index is 15.6. The van der Waals surface area contributed by atoms with E-state index in [4.69, 9.17) is 53.4 Å². The van der Waals surface area contributed by atoms with Crippen LogP contribution in [0.3, 0.4) is 0 Å². The van der Waals surface area contributed by atoms with Gasteiger partial charge in [-0.05, 0) is 0 Å². The standard InChI is InChI=1S/C31H30Cl3NO4P2/c1-3-37-40(36,38-4-2)31(30(32,33)34)35-29(25-17-9-5-10-18-25)39-41(31,26-19-11-6-12-20-26,27-21-13-7-14-22-27)28-23-15-8-16-24-28/h5-24H,3-4H2,1-2H3. The second-order valence-corrected chi connectivity index (χ2v) is 18.6. The zero-order chi connectivity index (χ0) is 29.2. The molecular weight excluding hydrogens is 619 g/mol. The Morgan fingerprint density at radius 2 is 1.07 bits per heavy atom. The van der Waals surface area contributed by atoms with Crippen LogP contribution in [0.5, 0.6) is 0 Å². The number of hydrogen-bond donors (Lipinski definition) is 0. The summed E-state index contributed by atoms with van der Waals surface area (Å²) in [5.74, 6) is 0.172. The summed E-state index contributed by atoms with van der Waals surface area (Å²) in [5, 5.41) is -0.262. The maximum absolute atomic E-state index is 15.6. The van der Waals surface area contributed by atoms with Crippen LogP contribution in [0.15, 0.2) is 126 Å². The summed E-state index contributed by atoms with van der Waals surface area (Å²) >= 11 is 21.5. The van der Waals surface area contributed by atoms with Crippen LogP contribution in [0.1, 0.15) is 19.4 Å². The van der Waals surface area contributed by atoms with Crippen LogP contribution in [-0.2, 0) is 18.1 Å². The predicted octanol–water partition coefficient (Wildman–Crippen LogP) is 8.20. The fraction of sp³-hybridized carbons (Fsp3) is 0.194. The Hall–Kier alpha value is -2.20. The fourth-order valence-corrected chi connectivity index (χ4v) is 19.2. The molecule has 4 aromatic rings. The van der Waals surface area contributed by atoms with Crippen LogP contribution >= 0.6 is 49.2 Å². The topological polar surface area (TPSA) is 57.1 Å². The molecule has 0 saturated carbocycles. The summed E-state index contributed by atoms with van der Waals surface area (Å²) in [5.41, 5.74) is 0.625. The van der Waals surface area contributed by atoms with E-state index in [1.165, 1.54) is 0 Å². The molecule has 10 heteroatoms. The van der Waals surface area contributed by atoms with E-state index in [-0.39, 0.29) is 19.1 Å². The van der Waals surface area contributed by atoms with Crippen molar-refractivity contribution in [2.45, 2.75) is 22.7 Å². The Bertz CT molecular complexity index is 1460. The van der Waals surface area contributed by atoms with Crippen LogP contribution in [-0.4, -0.2) is 27.9 Å². The summed E-state index contributed by atoms with van der Waals surface area (Å²) in [6.45, 7) is -1.38. The number of aliphatic imine (C=N–C) groups is 1. The molecule has 214 valence electrons. The first-order valence-corrected chi connectivity index (χ1v) is 18.0. The first kappa shape index (κ1) is 30.3. The number of benzene rings is 4. The molecule has 0 aromatic heterocycles. The third-order valence-electron chi connectivity index (χ3n) is 7.25. The summed E-state index contributed by atoms with van der Waals surface area (Å²) in [6, 6.07) is 37.8. The summed E-state index contributed by atoms with van der Waals surface area (Å²) < 4.78 is 33.0. The molecule has 1 atom stereocenters. The van der Waals surface area contributed by atoms with Gasteiger partial charge < -0.3 is 0 Å². The third kappa shape index (κ3) is 4.25. The average molecular weight is 649 g/mol. The molecule has 5 nitrogen and oxygen atoms in total. The van der Waals surface area contributed by atoms with Gasteiger partial charge in [-0.25, -0.2) is 0 Å². The number of rotatable bonds is 9. The summed E-state index contributed by atoms with van der Waals surface area (Å²) in [4.78, 5) is 5.17. The molecule has 1 unspecified atom stereocenters. The molecule has 1 aliphatic heterocycles. The number of hydrogen-bond acceptors (Lipinski definition) is 5. The second-order valence-electron chi connectivity index (χ2n) is 9.38. The van der Waals surface area contributed by atoms with Crippen LogP contribution in [0.25, 0.3) is 0 Å². The van der Waals surface area contributed by atoms with Crippen molar-refractivity contribution < 1.29 is 18.1 Å². The zero-order valence-electron chi connectivity index (χ0n) is 22.6. The number of alkyl halides is 3. The van der Waals surface area contributed by atoms with Crippen molar-refractivity contribution in [1.82, 2.24) is 0 Å². The van der Waals surface area contributed by atoms with Crippen LogP contribution < -0.4 is 15.9 Å². The fourth-order valence-electron chi connectivity index (χ4n) is 5.79. The molecule has 41 heavy (non-hydrogen) atoms. The van der Waals surface area contributed by atoms with Gasteiger partial charge in [0.25, 0.3) is 0 Å². The third-order valence-corrected chi connectivity index (χ3v) is 19.1. The Labute approximate surface area is 256 Å². The van der Waals surface area contributed by atoms with Gasteiger partial charge in [-0.15, -0.1) is 0 Å². The van der Waals surface area contributed by atoms with Crippen molar-refractivity contribution in [1.29, 1.82) is 0 Å². The molecule has 0 N–H and O–H groups in total. The van der Waals surface area contributed by atoms with Gasteiger partial charge in [-0.1, -0.05) is 0 Å². The SMILES string of the molecule is CCOP(=O)(OCC)C1(C(Cl)(Cl)Cl)N=C(c2ccccc2)OP1(c1ccccc1)(c1ccccc1)c1ccccc1. The van der Waals surface area contributed by atoms with E-state index >= 15 is 4.57 Å². The molecule has 0 spiro atoms. The normalized spacial score (nSPS) is 20.8. The molecule has 1 aliphatic rings. The second kappa shape index (κ2) is 11.5. The van der Waals surface area contributed by atoms with Gasteiger partial charge in [0.15, 0.2) is 0 Å². The van der Waals surface area contributed by atoms with Crippen molar-refractivity contribution in [2.24, 2.45) is 4.99 Å². The van der Waals surface area contributed by atoms with E-state index in [0.717, 1.165) is 0 Å². The van der Waals surface area contributed by atoms with Gasteiger partial charge in [0.05, 0.1) is 0 Å². The molecule has 0 saturated heterocycles. The monoisotopic (exact) mass is 647 g/mol. The van der Waals surface area contributed by atoms with E-state index < -0.39 is 23.2 Å². The van der Waals surface area contributed by atoms with E-state index in [0.29, 0.717) is 21.5 Å². The van der Waals surface area contributed by atoms with Gasteiger partial charge in [0.1, 0.15) is 0 Å². The quantitative estimate of drug-likeness (QED) is 0.136. The van der Waals surface area contributed by atoms with Crippen LogP contribution in [0.4, 0.5) is 0 Å². The van der Waals surface area contributed by atoms with Gasteiger partial charge >= 0.3 is 257 Å². The van der Waals surface area contributed by atoms with Crippen molar-refractivity contribution in [3.05, 3.63) is 127 Å². The van der Waals surface area contributed by atoms with Crippen LogP contribution in [0, 0.1) is 0 Å². The Kier molecular flexibility index (Phi) is 8.47. The molecule has 0 radical (unpaired) electrons. The van der Waals surface area contributed by atoms with Crippen molar-refractivity contribution >= 4 is 71.0 Å². The molecule has 5 rings (SSSR count). The summed E-state index contributed by atoms with van der Waals surface area (Å²) in [7, 11) is -4.51. The van der Waals surface area contributed by atoms with Gasteiger partial charge in [0, 0.05) is 0 Å². The minimum absolute atomic E-state index is 0.0147. The molecule has 0 aliphatic carbocycles. The van der Waals surface area contributed by atoms with Crippen LogP contribution in [0.2, 0.25) is 0 Å². The minimum atomic E-state index is -4.85. The van der Waals surface area contributed by atoms with E-state index in [1.54, 1.807) is 13.8 Å². The van der Waals surface area contributed by atoms with E-state index in [9.17, 15) is 0 Å². The van der Waals surface area contributed by atoms with Gasteiger partial charge in [-0.2, -0.15) is 0 Å². The number of halogens is 3.